The van der Waals surface area contributed by atoms with Gasteiger partial charge in [0.05, 0.1) is 11.0 Å². The second-order valence-electron chi connectivity index (χ2n) is 8.40. The molecule has 3 nitrogen and oxygen atoms in total. The first kappa shape index (κ1) is 22.4. The summed E-state index contributed by atoms with van der Waals surface area (Å²) >= 11 is 0. The van der Waals surface area contributed by atoms with Crippen LogP contribution >= 0.6 is 0 Å². The van der Waals surface area contributed by atoms with Gasteiger partial charge in [-0.1, -0.05) is 95.0 Å². The van der Waals surface area contributed by atoms with Crippen LogP contribution in [0.3, 0.4) is 0 Å². The number of rotatable bonds is 14. The number of unbranched alkanes of at least 4 members (excludes halogenated alkanes) is 9. The highest BCUT2D eigenvalue weighted by molar-refractivity contribution is 5.75. The molecule has 0 bridgehead atoms. The van der Waals surface area contributed by atoms with E-state index in [0.29, 0.717) is 6.61 Å². The third kappa shape index (κ3) is 6.62. The first-order valence-corrected chi connectivity index (χ1v) is 11.9. The van der Waals surface area contributed by atoms with E-state index in [1.165, 1.54) is 69.7 Å². The van der Waals surface area contributed by atoms with Crippen LogP contribution in [0, 0.1) is 6.92 Å². The van der Waals surface area contributed by atoms with Crippen molar-refractivity contribution in [2.45, 2.75) is 91.2 Å². The smallest absolute Gasteiger partial charge is 0.147 e. The highest BCUT2D eigenvalue weighted by Gasteiger charge is 2.11. The SMILES string of the molecule is CCCCCCCCCCCCn1c(COc2ccccc2C)nc2ccccc21. The molecule has 1 heterocycles. The van der Waals surface area contributed by atoms with Crippen molar-refractivity contribution >= 4 is 11.0 Å². The van der Waals surface area contributed by atoms with Gasteiger partial charge >= 0.3 is 0 Å². The van der Waals surface area contributed by atoms with Crippen molar-refractivity contribution in [3.63, 3.8) is 0 Å². The van der Waals surface area contributed by atoms with Crippen LogP contribution in [-0.2, 0) is 13.2 Å². The van der Waals surface area contributed by atoms with Crippen molar-refractivity contribution in [2.24, 2.45) is 0 Å². The fourth-order valence-electron chi connectivity index (χ4n) is 4.10. The fourth-order valence-corrected chi connectivity index (χ4v) is 4.10. The standard InChI is InChI=1S/C27H38N2O/c1-3-4-5-6-7-8-9-10-11-16-21-29-25-19-14-13-18-24(25)28-27(29)22-30-26-20-15-12-17-23(26)2/h12-15,17-20H,3-11,16,21-22H2,1-2H3. The molecule has 0 spiro atoms. The highest BCUT2D eigenvalue weighted by Crippen LogP contribution is 2.21. The number of aromatic nitrogens is 2. The summed E-state index contributed by atoms with van der Waals surface area (Å²) in [5.41, 5.74) is 3.44. The molecule has 1 aromatic heterocycles. The van der Waals surface area contributed by atoms with Crippen LogP contribution in [0.4, 0.5) is 0 Å². The molecule has 0 aliphatic carbocycles. The van der Waals surface area contributed by atoms with Crippen molar-refractivity contribution in [3.8, 4) is 5.75 Å². The zero-order chi connectivity index (χ0) is 21.0. The van der Waals surface area contributed by atoms with E-state index in [4.69, 9.17) is 9.72 Å². The predicted octanol–water partition coefficient (Wildman–Crippen LogP) is 7.84. The number of hydrogen-bond acceptors (Lipinski definition) is 2. The van der Waals surface area contributed by atoms with Gasteiger partial charge in [0.15, 0.2) is 0 Å². The van der Waals surface area contributed by atoms with Crippen molar-refractivity contribution in [3.05, 3.63) is 59.9 Å². The minimum absolute atomic E-state index is 0.511. The van der Waals surface area contributed by atoms with Gasteiger partial charge in [-0.2, -0.15) is 0 Å². The number of fused-ring (bicyclic) bond motifs is 1. The zero-order valence-corrected chi connectivity index (χ0v) is 18.9. The van der Waals surface area contributed by atoms with E-state index in [2.05, 4.69) is 48.7 Å². The monoisotopic (exact) mass is 406 g/mol. The number of imidazole rings is 1. The lowest BCUT2D eigenvalue weighted by Crippen LogP contribution is -2.08. The number of nitrogens with zero attached hydrogens (tertiary/aromatic N) is 2. The van der Waals surface area contributed by atoms with E-state index in [-0.39, 0.29) is 0 Å². The minimum Gasteiger partial charge on any atom is -0.485 e. The van der Waals surface area contributed by atoms with E-state index in [0.717, 1.165) is 29.2 Å². The molecule has 162 valence electrons. The van der Waals surface area contributed by atoms with Crippen LogP contribution in [0.15, 0.2) is 48.5 Å². The van der Waals surface area contributed by atoms with Crippen LogP contribution in [0.2, 0.25) is 0 Å². The average Bonchev–Trinajstić information content (AvgIpc) is 3.12. The lowest BCUT2D eigenvalue weighted by molar-refractivity contribution is 0.287. The summed E-state index contributed by atoms with van der Waals surface area (Å²) in [6.07, 6.45) is 13.6. The van der Waals surface area contributed by atoms with Gasteiger partial charge in [0.25, 0.3) is 0 Å². The Bertz CT molecular complexity index is 883. The second kappa shape index (κ2) is 12.4. The molecule has 3 heteroatoms. The van der Waals surface area contributed by atoms with Gasteiger partial charge < -0.3 is 9.30 Å². The molecular formula is C27H38N2O. The number of para-hydroxylation sites is 3. The molecule has 0 aliphatic rings. The van der Waals surface area contributed by atoms with Gasteiger partial charge in [0.1, 0.15) is 18.2 Å². The molecule has 0 aliphatic heterocycles. The highest BCUT2D eigenvalue weighted by atomic mass is 16.5. The zero-order valence-electron chi connectivity index (χ0n) is 18.9. The van der Waals surface area contributed by atoms with Crippen LogP contribution in [0.25, 0.3) is 11.0 Å². The summed E-state index contributed by atoms with van der Waals surface area (Å²) in [7, 11) is 0. The Morgan fingerprint density at radius 3 is 2.13 bits per heavy atom. The molecule has 0 N–H and O–H groups in total. The summed E-state index contributed by atoms with van der Waals surface area (Å²) in [4.78, 5) is 4.86. The predicted molar refractivity (Wildman–Crippen MR) is 127 cm³/mol. The summed E-state index contributed by atoms with van der Waals surface area (Å²) in [6, 6.07) is 16.6. The van der Waals surface area contributed by atoms with E-state index < -0.39 is 0 Å². The molecule has 0 fully saturated rings. The number of aryl methyl sites for hydroxylation is 2. The largest absolute Gasteiger partial charge is 0.485 e. The first-order valence-electron chi connectivity index (χ1n) is 11.9. The Kier molecular flexibility index (Phi) is 9.27. The third-order valence-electron chi connectivity index (χ3n) is 5.92. The van der Waals surface area contributed by atoms with Gasteiger partial charge in [0, 0.05) is 6.54 Å². The normalized spacial score (nSPS) is 11.3. The van der Waals surface area contributed by atoms with E-state index in [1.807, 2.05) is 18.2 Å². The molecule has 0 radical (unpaired) electrons. The fraction of sp³-hybridized carbons (Fsp3) is 0.519. The molecule has 0 unspecified atom stereocenters. The maximum atomic E-state index is 6.11. The molecule has 0 saturated carbocycles. The molecule has 3 rings (SSSR count). The third-order valence-corrected chi connectivity index (χ3v) is 5.92. The summed E-state index contributed by atoms with van der Waals surface area (Å²) < 4.78 is 8.47. The van der Waals surface area contributed by atoms with Crippen LogP contribution in [-0.4, -0.2) is 9.55 Å². The van der Waals surface area contributed by atoms with Gasteiger partial charge in [-0.25, -0.2) is 4.98 Å². The number of benzene rings is 2. The summed E-state index contributed by atoms with van der Waals surface area (Å²) in [5.74, 6) is 1.96. The molecule has 0 atom stereocenters. The maximum absolute atomic E-state index is 6.11. The maximum Gasteiger partial charge on any atom is 0.147 e. The molecular weight excluding hydrogens is 368 g/mol. The Morgan fingerprint density at radius 2 is 1.40 bits per heavy atom. The molecule has 0 amide bonds. The van der Waals surface area contributed by atoms with Crippen molar-refractivity contribution < 1.29 is 4.74 Å². The quantitative estimate of drug-likeness (QED) is 0.255. The van der Waals surface area contributed by atoms with Crippen molar-refractivity contribution in [1.29, 1.82) is 0 Å². The molecule has 3 aromatic rings. The second-order valence-corrected chi connectivity index (χ2v) is 8.40. The van der Waals surface area contributed by atoms with E-state index in [9.17, 15) is 0 Å². The van der Waals surface area contributed by atoms with Crippen LogP contribution in [0.1, 0.15) is 82.5 Å². The Balaban J connectivity index is 1.49. The Hall–Kier alpha value is -2.29. The topological polar surface area (TPSA) is 27.1 Å². The van der Waals surface area contributed by atoms with E-state index >= 15 is 0 Å². The minimum atomic E-state index is 0.511. The Morgan fingerprint density at radius 1 is 0.767 bits per heavy atom. The number of hydrogen-bond donors (Lipinski definition) is 0. The van der Waals surface area contributed by atoms with Crippen LogP contribution in [0.5, 0.6) is 5.75 Å². The molecule has 0 saturated heterocycles. The summed E-state index contributed by atoms with van der Waals surface area (Å²) in [5, 5.41) is 0. The lowest BCUT2D eigenvalue weighted by Gasteiger charge is -2.12. The van der Waals surface area contributed by atoms with Gasteiger partial charge in [0.2, 0.25) is 0 Å². The van der Waals surface area contributed by atoms with Gasteiger partial charge in [-0.05, 0) is 37.1 Å². The van der Waals surface area contributed by atoms with Crippen molar-refractivity contribution in [1.82, 2.24) is 9.55 Å². The van der Waals surface area contributed by atoms with Gasteiger partial charge in [-0.3, -0.25) is 0 Å². The van der Waals surface area contributed by atoms with E-state index in [1.54, 1.807) is 0 Å². The Labute approximate surface area is 182 Å². The average molecular weight is 407 g/mol. The van der Waals surface area contributed by atoms with Crippen molar-refractivity contribution in [2.75, 3.05) is 0 Å². The van der Waals surface area contributed by atoms with Gasteiger partial charge in [-0.15, -0.1) is 0 Å². The molecule has 30 heavy (non-hydrogen) atoms. The lowest BCUT2D eigenvalue weighted by atomic mass is 10.1. The van der Waals surface area contributed by atoms with Crippen LogP contribution < -0.4 is 4.74 Å². The first-order chi connectivity index (χ1) is 14.8. The molecule has 2 aromatic carbocycles. The summed E-state index contributed by atoms with van der Waals surface area (Å²) in [6.45, 7) is 5.90. The number of ether oxygens (including phenoxy) is 1.